The van der Waals surface area contributed by atoms with Crippen LogP contribution in [0.25, 0.3) is 0 Å². The zero-order valence-corrected chi connectivity index (χ0v) is 55.6. The van der Waals surface area contributed by atoms with Crippen molar-refractivity contribution in [1.29, 1.82) is 0 Å². The number of esters is 1. The second-order valence-corrected chi connectivity index (χ2v) is 31.3. The van der Waals surface area contributed by atoms with Gasteiger partial charge in [0.25, 0.3) is 0 Å². The molecule has 0 spiro atoms. The minimum absolute atomic E-state index is 0.0273. The lowest BCUT2D eigenvalue weighted by Crippen LogP contribution is -2.67. The van der Waals surface area contributed by atoms with E-state index in [0.717, 1.165) is 5.57 Å². The lowest BCUT2D eigenvalue weighted by Gasteiger charge is -2.71. The number of ether oxygens (including phenoxy) is 12. The van der Waals surface area contributed by atoms with Gasteiger partial charge in [-0.3, -0.25) is 4.79 Å². The second kappa shape index (κ2) is 28.3. The summed E-state index contributed by atoms with van der Waals surface area (Å²) in [5.41, 5.74) is -2.57. The highest BCUT2D eigenvalue weighted by molar-refractivity contribution is 5.79. The van der Waals surface area contributed by atoms with Crippen molar-refractivity contribution in [2.75, 3.05) is 33.0 Å². The van der Waals surface area contributed by atoms with E-state index in [1.165, 1.54) is 13.8 Å². The van der Waals surface area contributed by atoms with Crippen LogP contribution in [0.3, 0.4) is 0 Å². The van der Waals surface area contributed by atoms with Gasteiger partial charge in [0.15, 0.2) is 31.5 Å². The summed E-state index contributed by atoms with van der Waals surface area (Å²) in [6.45, 7) is 13.1. The van der Waals surface area contributed by atoms with Gasteiger partial charge in [-0.15, -0.1) is 0 Å². The Morgan fingerprint density at radius 1 is 0.500 bits per heavy atom. The number of hydrogen-bond acceptors (Lipinski definition) is 31. The summed E-state index contributed by atoms with van der Waals surface area (Å²) in [5.74, 6) is -1.20. The Labute approximate surface area is 556 Å². The molecule has 0 aromatic rings. The van der Waals surface area contributed by atoms with E-state index in [4.69, 9.17) is 56.8 Å². The Hall–Kier alpha value is -1.95. The van der Waals surface area contributed by atoms with Crippen molar-refractivity contribution in [1.82, 2.24) is 0 Å². The first kappa shape index (κ1) is 75.2. The molecule has 10 fully saturated rings. The highest BCUT2D eigenvalue weighted by Gasteiger charge is 2.71. The Morgan fingerprint density at radius 3 is 1.60 bits per heavy atom. The fourth-order valence-electron chi connectivity index (χ4n) is 19.0. The Balaban J connectivity index is 0.830. The largest absolute Gasteiger partial charge is 0.432 e. The molecular weight excluding hydrogens is 1280 g/mol. The molecule has 11 aliphatic rings. The molecule has 6 aliphatic heterocycles. The number of allylic oxidation sites excluding steroid dienone is 2. The van der Waals surface area contributed by atoms with Crippen LogP contribution in [0.4, 0.5) is 0 Å². The maximum Gasteiger partial charge on any atom is 0.315 e. The SMILES string of the molecule is CC1OC(OC2C(COC3OC(CO)C(O)C(O)C3O)OC(OC(=O)C34CCC(C)(C)CC3C3=CCC5C6(C)CCC(OC7OCC(OC8OC(CO)C(O)C(O)C8O)C(O)C7OC7OC(C)C(O)C(O)C7O)C(C)(CO)C6CCC5(C)C3(C)CC4)C(O)C2O)C(O)C(O)C1O. The number of carbonyl (C=O) groups excluding carboxylic acids is 1. The number of rotatable bonds is 16. The lowest BCUT2D eigenvalue weighted by molar-refractivity contribution is -0.381. The Kier molecular flexibility index (Phi) is 22.1. The molecule has 552 valence electrons. The second-order valence-electron chi connectivity index (χ2n) is 31.3. The summed E-state index contributed by atoms with van der Waals surface area (Å²) in [6.07, 6.45) is -40.9. The van der Waals surface area contributed by atoms with Crippen molar-refractivity contribution < 1.29 is 154 Å². The lowest BCUT2D eigenvalue weighted by atomic mass is 9.33. The molecule has 5 aliphatic carbocycles. The van der Waals surface area contributed by atoms with Crippen LogP contribution in [0.2, 0.25) is 0 Å². The van der Waals surface area contributed by atoms with Crippen LogP contribution >= 0.6 is 0 Å². The monoisotopic (exact) mass is 1380 g/mol. The molecule has 18 N–H and O–H groups in total. The van der Waals surface area contributed by atoms with E-state index in [1.54, 1.807) is 0 Å². The summed E-state index contributed by atoms with van der Waals surface area (Å²) in [5, 5.41) is 196. The third-order valence-corrected chi connectivity index (χ3v) is 25.3. The number of aliphatic hydroxyl groups is 18. The molecule has 31 heteroatoms. The van der Waals surface area contributed by atoms with Gasteiger partial charge in [0, 0.05) is 5.41 Å². The van der Waals surface area contributed by atoms with Crippen LogP contribution < -0.4 is 0 Å². The van der Waals surface area contributed by atoms with E-state index < -0.39 is 238 Å². The molecule has 0 amide bonds. The van der Waals surface area contributed by atoms with E-state index in [1.807, 2.05) is 6.92 Å². The maximum absolute atomic E-state index is 15.6. The molecular formula is C65H106O31. The van der Waals surface area contributed by atoms with Gasteiger partial charge in [-0.2, -0.15) is 0 Å². The van der Waals surface area contributed by atoms with Crippen molar-refractivity contribution in [3.63, 3.8) is 0 Å². The van der Waals surface area contributed by atoms with Crippen molar-refractivity contribution in [2.24, 2.45) is 50.2 Å². The van der Waals surface area contributed by atoms with Crippen LogP contribution in [-0.4, -0.2) is 315 Å². The predicted octanol–water partition coefficient (Wildman–Crippen LogP) is -4.72. The van der Waals surface area contributed by atoms with E-state index in [2.05, 4.69) is 40.7 Å². The summed E-state index contributed by atoms with van der Waals surface area (Å²) in [6, 6.07) is 0. The zero-order chi connectivity index (χ0) is 70.0. The van der Waals surface area contributed by atoms with Crippen LogP contribution in [0, 0.1) is 50.2 Å². The quantitative estimate of drug-likeness (QED) is 0.0392. The molecule has 11 rings (SSSR count). The van der Waals surface area contributed by atoms with Crippen molar-refractivity contribution in [3.05, 3.63) is 11.6 Å². The normalized spacial score (nSPS) is 55.1. The van der Waals surface area contributed by atoms with Gasteiger partial charge < -0.3 is 149 Å². The van der Waals surface area contributed by atoms with Gasteiger partial charge in [-0.25, -0.2) is 0 Å². The van der Waals surface area contributed by atoms with Gasteiger partial charge in [0.05, 0.1) is 56.8 Å². The third kappa shape index (κ3) is 12.8. The first-order valence-electron chi connectivity index (χ1n) is 34.1. The molecule has 6 heterocycles. The summed E-state index contributed by atoms with van der Waals surface area (Å²) in [4.78, 5) is 15.6. The molecule has 0 aromatic heterocycles. The molecule has 0 bridgehead atoms. The fraction of sp³-hybridized carbons (Fsp3) is 0.954. The molecule has 0 radical (unpaired) electrons. The van der Waals surface area contributed by atoms with E-state index in [-0.39, 0.29) is 35.2 Å². The third-order valence-electron chi connectivity index (χ3n) is 25.3. The first-order valence-corrected chi connectivity index (χ1v) is 34.1. The highest BCUT2D eigenvalue weighted by atomic mass is 16.8. The smallest absolute Gasteiger partial charge is 0.315 e. The van der Waals surface area contributed by atoms with Crippen LogP contribution in [-0.2, 0) is 61.6 Å². The summed E-state index contributed by atoms with van der Waals surface area (Å²) >= 11 is 0. The molecule has 31 nitrogen and oxygen atoms in total. The standard InChI is InChI=1S/C65H106O31/c1-25-36(69)41(74)47(80)54(87-25)94-51-32(23-85-53-46(79)43(76)38(71)29(20-66)89-53)92-57(50(83)45(51)78)96-59(84)65-17-15-60(3,4)19-28(65)27-9-10-34-61(5)13-12-35(62(6,24-68)33(61)11-14-64(34,8)63(27,7)16-18-65)93-58-52(95-55-48(81)42(75)37(70)26(2)88-55)40(73)31(22-86-58)91-56-49(82)44(77)39(72)30(21-67)90-56/h9,25-26,28-58,66-83H,10-24H2,1-8H3. The predicted molar refractivity (Wildman–Crippen MR) is 321 cm³/mol. The summed E-state index contributed by atoms with van der Waals surface area (Å²) in [7, 11) is 0. The van der Waals surface area contributed by atoms with Crippen molar-refractivity contribution in [2.45, 2.75) is 304 Å². The Bertz CT molecular complexity index is 2690. The number of fused-ring (bicyclic) bond motifs is 7. The first-order chi connectivity index (χ1) is 45.1. The van der Waals surface area contributed by atoms with E-state index in [0.29, 0.717) is 64.2 Å². The van der Waals surface area contributed by atoms with Crippen LogP contribution in [0.15, 0.2) is 11.6 Å². The zero-order valence-electron chi connectivity index (χ0n) is 55.6. The summed E-state index contributed by atoms with van der Waals surface area (Å²) < 4.78 is 72.6. The van der Waals surface area contributed by atoms with Gasteiger partial charge in [0.2, 0.25) is 6.29 Å². The molecule has 0 aromatic carbocycles. The number of carbonyl (C=O) groups is 1. The Morgan fingerprint density at radius 2 is 1.02 bits per heavy atom. The number of aliphatic hydroxyl groups excluding tert-OH is 18. The van der Waals surface area contributed by atoms with E-state index in [9.17, 15) is 91.9 Å². The average molecular weight is 1380 g/mol. The average Bonchev–Trinajstić information content (AvgIpc) is 0.674. The molecule has 38 atom stereocenters. The van der Waals surface area contributed by atoms with Crippen molar-refractivity contribution in [3.8, 4) is 0 Å². The van der Waals surface area contributed by atoms with Gasteiger partial charge >= 0.3 is 5.97 Å². The molecule has 96 heavy (non-hydrogen) atoms. The van der Waals surface area contributed by atoms with E-state index >= 15 is 4.79 Å². The maximum atomic E-state index is 15.6. The number of hydrogen-bond donors (Lipinski definition) is 18. The fourth-order valence-corrected chi connectivity index (χ4v) is 19.0. The van der Waals surface area contributed by atoms with Crippen LogP contribution in [0.1, 0.15) is 120 Å². The minimum atomic E-state index is -2.01. The van der Waals surface area contributed by atoms with Gasteiger partial charge in [-0.05, 0) is 117 Å². The van der Waals surface area contributed by atoms with Crippen LogP contribution in [0.5, 0.6) is 0 Å². The molecule has 6 saturated heterocycles. The van der Waals surface area contributed by atoms with Gasteiger partial charge in [0.1, 0.15) is 128 Å². The molecule has 38 unspecified atom stereocenters. The topological polar surface area (TPSA) is 492 Å². The van der Waals surface area contributed by atoms with Gasteiger partial charge in [-0.1, -0.05) is 53.2 Å². The minimum Gasteiger partial charge on any atom is -0.432 e. The molecule has 4 saturated carbocycles. The van der Waals surface area contributed by atoms with Crippen molar-refractivity contribution >= 4 is 5.97 Å². The highest BCUT2D eigenvalue weighted by Crippen LogP contribution is 2.76.